The van der Waals surface area contributed by atoms with E-state index in [-0.39, 0.29) is 25.2 Å². The number of anilines is 1. The molecule has 158 valence electrons. The third kappa shape index (κ3) is 3.89. The normalized spacial score (nSPS) is 13.3. The van der Waals surface area contributed by atoms with E-state index in [4.69, 9.17) is 18.9 Å². The van der Waals surface area contributed by atoms with Crippen molar-refractivity contribution in [3.63, 3.8) is 0 Å². The van der Waals surface area contributed by atoms with E-state index in [1.807, 2.05) is 22.8 Å². The molecule has 3 heterocycles. The molecule has 2 aromatic carbocycles. The molecule has 5 rings (SSSR count). The number of amides is 1. The van der Waals surface area contributed by atoms with Crippen molar-refractivity contribution in [2.75, 3.05) is 24.7 Å². The van der Waals surface area contributed by atoms with Crippen molar-refractivity contribution >= 4 is 23.4 Å². The summed E-state index contributed by atoms with van der Waals surface area (Å²) < 4.78 is 23.3. The van der Waals surface area contributed by atoms with Gasteiger partial charge in [0.25, 0.3) is 0 Å². The van der Waals surface area contributed by atoms with Crippen molar-refractivity contribution in [1.82, 2.24) is 14.8 Å². The van der Waals surface area contributed by atoms with Gasteiger partial charge in [0, 0.05) is 23.9 Å². The molecule has 1 N–H and O–H groups in total. The molecular weight excluding hydrogens is 420 g/mol. The number of carbonyl (C=O) groups is 1. The van der Waals surface area contributed by atoms with Gasteiger partial charge in [-0.05, 0) is 30.3 Å². The van der Waals surface area contributed by atoms with E-state index in [0.717, 1.165) is 5.56 Å². The van der Waals surface area contributed by atoms with Crippen molar-refractivity contribution in [2.24, 2.45) is 0 Å². The van der Waals surface area contributed by atoms with Crippen LogP contribution in [0.4, 0.5) is 5.69 Å². The van der Waals surface area contributed by atoms with E-state index >= 15 is 0 Å². The van der Waals surface area contributed by atoms with Gasteiger partial charge in [-0.1, -0.05) is 17.8 Å². The van der Waals surface area contributed by atoms with E-state index in [2.05, 4.69) is 22.1 Å². The predicted molar refractivity (Wildman–Crippen MR) is 114 cm³/mol. The fourth-order valence-corrected chi connectivity index (χ4v) is 3.99. The van der Waals surface area contributed by atoms with Crippen LogP contribution in [0.2, 0.25) is 0 Å². The third-order valence-electron chi connectivity index (χ3n) is 4.65. The first-order chi connectivity index (χ1) is 15.2. The zero-order valence-electron chi connectivity index (χ0n) is 16.4. The van der Waals surface area contributed by atoms with Crippen LogP contribution in [0.5, 0.6) is 23.0 Å². The lowest BCUT2D eigenvalue weighted by Gasteiger charge is -2.09. The van der Waals surface area contributed by atoms with Crippen LogP contribution in [0.25, 0.3) is 11.4 Å². The lowest BCUT2D eigenvalue weighted by atomic mass is 10.2. The molecule has 0 spiro atoms. The molecule has 2 aliphatic rings. The molecule has 0 unspecified atom stereocenters. The third-order valence-corrected chi connectivity index (χ3v) is 5.61. The van der Waals surface area contributed by atoms with Gasteiger partial charge in [0.05, 0.1) is 5.75 Å². The Balaban J connectivity index is 1.29. The fourth-order valence-electron chi connectivity index (χ4n) is 3.24. The average molecular weight is 438 g/mol. The number of carbonyl (C=O) groups excluding carboxylic acids is 1. The second-order valence-corrected chi connectivity index (χ2v) is 7.62. The summed E-state index contributed by atoms with van der Waals surface area (Å²) in [5.41, 5.74) is 1.48. The predicted octanol–water partition coefficient (Wildman–Crippen LogP) is 3.32. The van der Waals surface area contributed by atoms with Crippen molar-refractivity contribution in [2.45, 2.75) is 11.7 Å². The molecule has 3 aromatic rings. The fraction of sp³-hybridized carbons (Fsp3) is 0.190. The van der Waals surface area contributed by atoms with Gasteiger partial charge in [-0.15, -0.1) is 16.8 Å². The molecule has 0 aliphatic carbocycles. The van der Waals surface area contributed by atoms with Gasteiger partial charge in [-0.25, -0.2) is 0 Å². The molecule has 0 bridgehead atoms. The van der Waals surface area contributed by atoms with Crippen LogP contribution in [0.15, 0.2) is 54.2 Å². The summed E-state index contributed by atoms with van der Waals surface area (Å²) in [5.74, 6) is 3.32. The van der Waals surface area contributed by atoms with Gasteiger partial charge in [0.15, 0.2) is 34.0 Å². The largest absolute Gasteiger partial charge is 0.454 e. The minimum Gasteiger partial charge on any atom is -0.454 e. The van der Waals surface area contributed by atoms with Crippen molar-refractivity contribution in [1.29, 1.82) is 0 Å². The van der Waals surface area contributed by atoms with Crippen LogP contribution >= 0.6 is 11.8 Å². The maximum atomic E-state index is 12.4. The van der Waals surface area contributed by atoms with Crippen LogP contribution in [-0.4, -0.2) is 40.0 Å². The van der Waals surface area contributed by atoms with Gasteiger partial charge < -0.3 is 24.3 Å². The van der Waals surface area contributed by atoms with E-state index in [9.17, 15) is 4.79 Å². The summed E-state index contributed by atoms with van der Waals surface area (Å²) in [6, 6.07) is 10.9. The molecule has 1 aromatic heterocycles. The van der Waals surface area contributed by atoms with E-state index < -0.39 is 0 Å². The number of hydrogen-bond donors (Lipinski definition) is 1. The second kappa shape index (κ2) is 8.23. The lowest BCUT2D eigenvalue weighted by molar-refractivity contribution is -0.113. The summed E-state index contributed by atoms with van der Waals surface area (Å²) in [6.45, 7) is 4.71. The van der Waals surface area contributed by atoms with Gasteiger partial charge in [0.1, 0.15) is 0 Å². The topological polar surface area (TPSA) is 96.7 Å². The number of rotatable bonds is 7. The maximum Gasteiger partial charge on any atom is 0.234 e. The molecule has 0 saturated carbocycles. The van der Waals surface area contributed by atoms with E-state index in [1.165, 1.54) is 11.8 Å². The van der Waals surface area contributed by atoms with Crippen LogP contribution in [-0.2, 0) is 11.3 Å². The minimum absolute atomic E-state index is 0.165. The molecule has 0 radical (unpaired) electrons. The SMILES string of the molecule is C=CCn1c(SCC(=O)Nc2ccc3c(c2)OCO3)nnc1-c1ccc2c(c1)OCO2. The number of fused-ring (bicyclic) bond motifs is 2. The molecular formula is C21H18N4O5S. The molecule has 0 atom stereocenters. The number of ether oxygens (including phenoxy) is 4. The number of nitrogens with one attached hydrogen (secondary N) is 1. The summed E-state index contributed by atoms with van der Waals surface area (Å²) in [4.78, 5) is 12.4. The Morgan fingerprint density at radius 3 is 2.52 bits per heavy atom. The van der Waals surface area contributed by atoms with Crippen molar-refractivity contribution in [3.05, 3.63) is 49.1 Å². The van der Waals surface area contributed by atoms with Crippen molar-refractivity contribution < 1.29 is 23.7 Å². The van der Waals surface area contributed by atoms with Crippen LogP contribution in [0.1, 0.15) is 0 Å². The molecule has 1 amide bonds. The highest BCUT2D eigenvalue weighted by atomic mass is 32.2. The zero-order valence-corrected chi connectivity index (χ0v) is 17.2. The Labute approximate surface area is 182 Å². The van der Waals surface area contributed by atoms with Gasteiger partial charge in [0.2, 0.25) is 19.5 Å². The first-order valence-electron chi connectivity index (χ1n) is 9.47. The highest BCUT2D eigenvalue weighted by molar-refractivity contribution is 7.99. The van der Waals surface area contributed by atoms with Crippen LogP contribution in [0, 0.1) is 0 Å². The summed E-state index contributed by atoms with van der Waals surface area (Å²) in [7, 11) is 0. The number of hydrogen-bond acceptors (Lipinski definition) is 8. The average Bonchev–Trinajstić information content (AvgIpc) is 3.51. The molecule has 10 heteroatoms. The maximum absolute atomic E-state index is 12.4. The Hall–Kier alpha value is -3.66. The number of thioether (sulfide) groups is 1. The Kier molecular flexibility index (Phi) is 5.13. The molecule has 31 heavy (non-hydrogen) atoms. The highest BCUT2D eigenvalue weighted by Crippen LogP contribution is 2.36. The summed E-state index contributed by atoms with van der Waals surface area (Å²) in [5, 5.41) is 12.1. The lowest BCUT2D eigenvalue weighted by Crippen LogP contribution is -2.14. The quantitative estimate of drug-likeness (QED) is 0.443. The van der Waals surface area contributed by atoms with Crippen LogP contribution in [0.3, 0.4) is 0 Å². The summed E-state index contributed by atoms with van der Waals surface area (Å²) in [6.07, 6.45) is 1.76. The number of nitrogens with zero attached hydrogens (tertiary/aromatic N) is 3. The highest BCUT2D eigenvalue weighted by Gasteiger charge is 2.19. The van der Waals surface area contributed by atoms with Crippen LogP contribution < -0.4 is 24.3 Å². The Morgan fingerprint density at radius 1 is 1.03 bits per heavy atom. The molecule has 2 aliphatic heterocycles. The molecule has 0 fully saturated rings. The standard InChI is InChI=1S/C21H18N4O5S/c1-2-7-25-20(13-3-5-15-17(8-13)29-11-27-15)23-24-21(25)31-10-19(26)22-14-4-6-16-18(9-14)30-12-28-16/h2-6,8-9H,1,7,10-12H2,(H,22,26). The number of benzene rings is 2. The molecule has 9 nitrogen and oxygen atoms in total. The number of aromatic nitrogens is 3. The Morgan fingerprint density at radius 2 is 1.74 bits per heavy atom. The molecule has 0 saturated heterocycles. The smallest absolute Gasteiger partial charge is 0.234 e. The summed E-state index contributed by atoms with van der Waals surface area (Å²) >= 11 is 1.30. The monoisotopic (exact) mass is 438 g/mol. The van der Waals surface area contributed by atoms with Crippen molar-refractivity contribution in [3.8, 4) is 34.4 Å². The van der Waals surface area contributed by atoms with E-state index in [0.29, 0.717) is 46.2 Å². The zero-order chi connectivity index (χ0) is 21.2. The Bertz CT molecular complexity index is 1160. The first kappa shape index (κ1) is 19.3. The minimum atomic E-state index is -0.165. The number of allylic oxidation sites excluding steroid dienone is 1. The second-order valence-electron chi connectivity index (χ2n) is 6.68. The van der Waals surface area contributed by atoms with Gasteiger partial charge >= 0.3 is 0 Å². The van der Waals surface area contributed by atoms with E-state index in [1.54, 1.807) is 24.3 Å². The first-order valence-corrected chi connectivity index (χ1v) is 10.5. The van der Waals surface area contributed by atoms with Gasteiger partial charge in [-0.3, -0.25) is 9.36 Å². The van der Waals surface area contributed by atoms with Gasteiger partial charge in [-0.2, -0.15) is 0 Å².